The molecule has 1 amide bonds. The molecule has 2 aromatic carbocycles. The van der Waals surface area contributed by atoms with Crippen molar-refractivity contribution in [3.8, 4) is 0 Å². The number of aliphatic hydroxyl groups excluding tert-OH is 1. The van der Waals surface area contributed by atoms with Gasteiger partial charge < -0.3 is 10.0 Å². The first-order valence-corrected chi connectivity index (χ1v) is 12.0. The van der Waals surface area contributed by atoms with Crippen molar-refractivity contribution in [2.75, 3.05) is 23.9 Å². The Morgan fingerprint density at radius 2 is 1.71 bits per heavy atom. The smallest absolute Gasteiger partial charge is 0.301 e. The van der Waals surface area contributed by atoms with Gasteiger partial charge >= 0.3 is 5.91 Å². The Morgan fingerprint density at radius 3 is 2.29 bits per heavy atom. The molecule has 0 aliphatic carbocycles. The zero-order valence-electron chi connectivity index (χ0n) is 20.5. The number of thiazole rings is 1. The van der Waals surface area contributed by atoms with Crippen molar-refractivity contribution < 1.29 is 19.5 Å². The molecule has 1 aliphatic heterocycles. The zero-order chi connectivity index (χ0) is 25.6. The number of Topliss-reactive ketones (excluding diaryl/α,β-unsaturated/α-hetero) is 2. The first-order chi connectivity index (χ1) is 16.5. The van der Waals surface area contributed by atoms with Gasteiger partial charge in [-0.3, -0.25) is 19.3 Å². The van der Waals surface area contributed by atoms with Gasteiger partial charge in [0.1, 0.15) is 5.76 Å². The molecule has 0 bridgehead atoms. The van der Waals surface area contributed by atoms with Crippen LogP contribution in [0.25, 0.3) is 5.76 Å². The number of aryl methyl sites for hydroxylation is 3. The lowest BCUT2D eigenvalue weighted by Crippen LogP contribution is -2.29. The molecule has 180 valence electrons. The van der Waals surface area contributed by atoms with Crippen LogP contribution in [-0.2, 0) is 9.59 Å². The summed E-state index contributed by atoms with van der Waals surface area (Å²) in [5, 5.41) is 11.6. The van der Waals surface area contributed by atoms with Crippen molar-refractivity contribution in [3.05, 3.63) is 80.9 Å². The van der Waals surface area contributed by atoms with Crippen LogP contribution in [0.1, 0.15) is 50.6 Å². The van der Waals surface area contributed by atoms with Crippen LogP contribution in [-0.4, -0.2) is 41.7 Å². The first kappa shape index (κ1) is 24.3. The Kier molecular flexibility index (Phi) is 6.34. The number of aromatic nitrogens is 1. The lowest BCUT2D eigenvalue weighted by atomic mass is 9.93. The number of nitrogens with zero attached hydrogens (tertiary/aromatic N) is 3. The number of amides is 1. The fourth-order valence-corrected chi connectivity index (χ4v) is 5.24. The van der Waals surface area contributed by atoms with Gasteiger partial charge in [-0.25, -0.2) is 4.98 Å². The Morgan fingerprint density at radius 1 is 1.06 bits per heavy atom. The van der Waals surface area contributed by atoms with Gasteiger partial charge in [-0.05, 0) is 50.1 Å². The summed E-state index contributed by atoms with van der Waals surface area (Å²) in [5.41, 5.74) is 4.29. The van der Waals surface area contributed by atoms with Crippen LogP contribution in [0.2, 0.25) is 0 Å². The highest BCUT2D eigenvalue weighted by molar-refractivity contribution is 7.18. The molecule has 1 N–H and O–H groups in total. The summed E-state index contributed by atoms with van der Waals surface area (Å²) in [6.45, 7) is 6.88. The number of benzene rings is 2. The molecule has 7 nitrogen and oxygen atoms in total. The number of ketones is 2. The molecule has 1 aliphatic rings. The average molecular weight is 490 g/mol. The summed E-state index contributed by atoms with van der Waals surface area (Å²) in [5.74, 6) is -1.97. The van der Waals surface area contributed by atoms with Gasteiger partial charge in [0.2, 0.25) is 0 Å². The van der Waals surface area contributed by atoms with Gasteiger partial charge in [0.15, 0.2) is 10.9 Å². The van der Waals surface area contributed by atoms with Gasteiger partial charge in [-0.2, -0.15) is 0 Å². The maximum absolute atomic E-state index is 13.4. The lowest BCUT2D eigenvalue weighted by molar-refractivity contribution is -0.132. The molecule has 1 saturated heterocycles. The Balaban J connectivity index is 1.97. The van der Waals surface area contributed by atoms with Crippen molar-refractivity contribution in [1.29, 1.82) is 0 Å². The second-order valence-corrected chi connectivity index (χ2v) is 9.92. The third kappa shape index (κ3) is 4.25. The minimum Gasteiger partial charge on any atom is -0.507 e. The third-order valence-corrected chi connectivity index (χ3v) is 7.39. The number of aliphatic hydroxyl groups is 1. The fourth-order valence-electron chi connectivity index (χ4n) is 4.25. The predicted octanol–water partition coefficient (Wildman–Crippen LogP) is 4.96. The number of anilines is 2. The number of carbonyl (C=O) groups is 3. The SMILES string of the molecule is CC(=O)c1sc(N2C(=O)C(=O)C(=C(O)c3cc(C)ccc3C)C2c2ccc(N(C)C)cc2)nc1C. The van der Waals surface area contributed by atoms with Crippen molar-refractivity contribution in [3.63, 3.8) is 0 Å². The molecule has 0 spiro atoms. The van der Waals surface area contributed by atoms with Gasteiger partial charge in [0.05, 0.1) is 22.2 Å². The van der Waals surface area contributed by atoms with Crippen molar-refractivity contribution >= 4 is 45.4 Å². The summed E-state index contributed by atoms with van der Waals surface area (Å²) in [4.78, 5) is 46.9. The van der Waals surface area contributed by atoms with Crippen LogP contribution >= 0.6 is 11.3 Å². The van der Waals surface area contributed by atoms with E-state index in [4.69, 9.17) is 0 Å². The minimum atomic E-state index is -0.892. The fraction of sp³-hybridized carbons (Fsp3) is 0.259. The van der Waals surface area contributed by atoms with Gasteiger partial charge in [0, 0.05) is 32.3 Å². The summed E-state index contributed by atoms with van der Waals surface area (Å²) in [6, 6.07) is 12.1. The monoisotopic (exact) mass is 489 g/mol. The maximum atomic E-state index is 13.4. The Labute approximate surface area is 208 Å². The molecule has 1 aromatic heterocycles. The van der Waals surface area contributed by atoms with Gasteiger partial charge in [0.25, 0.3) is 5.78 Å². The van der Waals surface area contributed by atoms with E-state index in [1.54, 1.807) is 13.0 Å². The highest BCUT2D eigenvalue weighted by Crippen LogP contribution is 2.44. The second kappa shape index (κ2) is 9.11. The molecule has 0 saturated carbocycles. The van der Waals surface area contributed by atoms with E-state index in [-0.39, 0.29) is 22.2 Å². The summed E-state index contributed by atoms with van der Waals surface area (Å²) in [6.07, 6.45) is 0. The van der Waals surface area contributed by atoms with Crippen LogP contribution in [0.5, 0.6) is 0 Å². The van der Waals surface area contributed by atoms with Crippen molar-refractivity contribution in [1.82, 2.24) is 4.98 Å². The molecule has 1 fully saturated rings. The van der Waals surface area contributed by atoms with Gasteiger partial charge in [-0.1, -0.05) is 41.2 Å². The highest BCUT2D eigenvalue weighted by atomic mass is 32.1. The van der Waals surface area contributed by atoms with E-state index in [2.05, 4.69) is 4.98 Å². The standard InChI is InChI=1S/C27H27N3O4S/c1-14-7-8-15(2)20(13-14)23(32)21-22(18-9-11-19(12-10-18)29(5)6)30(26(34)24(21)33)27-28-16(3)25(35-27)17(4)31/h7-13,22,32H,1-6H3. The number of hydrogen-bond acceptors (Lipinski definition) is 7. The minimum absolute atomic E-state index is 0.00136. The predicted molar refractivity (Wildman–Crippen MR) is 138 cm³/mol. The Hall–Kier alpha value is -3.78. The van der Waals surface area contributed by atoms with E-state index in [0.717, 1.165) is 28.2 Å². The van der Waals surface area contributed by atoms with E-state index in [1.807, 2.05) is 69.2 Å². The maximum Gasteiger partial charge on any atom is 0.301 e. The lowest BCUT2D eigenvalue weighted by Gasteiger charge is -2.24. The second-order valence-electron chi connectivity index (χ2n) is 8.94. The van der Waals surface area contributed by atoms with Crippen LogP contribution in [0.4, 0.5) is 10.8 Å². The molecular formula is C27H27N3O4S. The van der Waals surface area contributed by atoms with E-state index in [0.29, 0.717) is 21.7 Å². The number of rotatable bonds is 5. The van der Waals surface area contributed by atoms with Crippen molar-refractivity contribution in [2.45, 2.75) is 33.7 Å². The topological polar surface area (TPSA) is 90.8 Å². The van der Waals surface area contributed by atoms with E-state index >= 15 is 0 Å². The molecule has 1 unspecified atom stereocenters. The van der Waals surface area contributed by atoms with E-state index in [1.165, 1.54) is 11.8 Å². The summed E-state index contributed by atoms with van der Waals surface area (Å²) >= 11 is 1.07. The highest BCUT2D eigenvalue weighted by Gasteiger charge is 2.48. The zero-order valence-corrected chi connectivity index (χ0v) is 21.4. The summed E-state index contributed by atoms with van der Waals surface area (Å²) in [7, 11) is 3.84. The van der Waals surface area contributed by atoms with Crippen LogP contribution in [0, 0.1) is 20.8 Å². The first-order valence-electron chi connectivity index (χ1n) is 11.2. The molecule has 0 radical (unpaired) electrons. The van der Waals surface area contributed by atoms with Crippen LogP contribution in [0.15, 0.2) is 48.0 Å². The molecule has 8 heteroatoms. The third-order valence-electron chi connectivity index (χ3n) is 6.13. The normalized spacial score (nSPS) is 17.2. The largest absolute Gasteiger partial charge is 0.507 e. The molecule has 4 rings (SSSR count). The van der Waals surface area contributed by atoms with E-state index < -0.39 is 17.7 Å². The molecule has 3 aromatic rings. The average Bonchev–Trinajstić information content (AvgIpc) is 3.32. The van der Waals surface area contributed by atoms with Gasteiger partial charge in [-0.15, -0.1) is 0 Å². The van der Waals surface area contributed by atoms with E-state index in [9.17, 15) is 19.5 Å². The van der Waals surface area contributed by atoms with Crippen molar-refractivity contribution in [2.24, 2.45) is 0 Å². The molecule has 35 heavy (non-hydrogen) atoms. The quantitative estimate of drug-likeness (QED) is 0.236. The number of hydrogen-bond donors (Lipinski definition) is 1. The molecular weight excluding hydrogens is 462 g/mol. The number of carbonyl (C=O) groups excluding carboxylic acids is 3. The Bertz CT molecular complexity index is 1390. The summed E-state index contributed by atoms with van der Waals surface area (Å²) < 4.78 is 0. The molecule has 1 atom stereocenters. The molecule has 2 heterocycles. The van der Waals surface area contributed by atoms with Crippen LogP contribution < -0.4 is 9.80 Å². The van der Waals surface area contributed by atoms with Crippen LogP contribution in [0.3, 0.4) is 0 Å².